The maximum absolute atomic E-state index is 5.09. The number of hydrogen-bond donors (Lipinski definition) is 0. The predicted octanol–water partition coefficient (Wildman–Crippen LogP) is 5.83. The van der Waals surface area contributed by atoms with Crippen LogP contribution in [0.1, 0.15) is 41.5 Å². The SMILES string of the molecule is C=C\C=C(C=C)/C(=C\C)/C=C(\C)OC.CC.CC. The molecule has 0 bridgehead atoms. The molecular formula is C17H30O. The zero-order valence-corrected chi connectivity index (χ0v) is 13.2. The van der Waals surface area contributed by atoms with Crippen LogP contribution < -0.4 is 0 Å². The van der Waals surface area contributed by atoms with Crippen LogP contribution in [0.4, 0.5) is 0 Å². The summed E-state index contributed by atoms with van der Waals surface area (Å²) in [4.78, 5) is 0. The molecule has 0 fully saturated rings. The first-order chi connectivity index (χ1) is 8.69. The maximum Gasteiger partial charge on any atom is 0.0930 e. The molecule has 0 aliphatic carbocycles. The van der Waals surface area contributed by atoms with Gasteiger partial charge in [0.05, 0.1) is 12.9 Å². The molecular weight excluding hydrogens is 220 g/mol. The Labute approximate surface area is 114 Å². The third-order valence-corrected chi connectivity index (χ3v) is 1.84. The molecule has 0 rings (SSSR count). The molecule has 0 amide bonds. The van der Waals surface area contributed by atoms with E-state index in [1.165, 1.54) is 0 Å². The minimum atomic E-state index is 0.870. The highest BCUT2D eigenvalue weighted by molar-refractivity contribution is 5.47. The van der Waals surface area contributed by atoms with Crippen molar-refractivity contribution in [1.29, 1.82) is 0 Å². The second kappa shape index (κ2) is 17.9. The molecule has 0 radical (unpaired) electrons. The number of hydrogen-bond acceptors (Lipinski definition) is 1. The average molecular weight is 250 g/mol. The summed E-state index contributed by atoms with van der Waals surface area (Å²) in [5.74, 6) is 0.870. The Kier molecular flexibility index (Phi) is 21.6. The normalized spacial score (nSPS) is 11.4. The van der Waals surface area contributed by atoms with E-state index in [1.807, 2.05) is 59.8 Å². The molecule has 0 saturated carbocycles. The van der Waals surface area contributed by atoms with Gasteiger partial charge in [0.15, 0.2) is 0 Å². The van der Waals surface area contributed by atoms with E-state index in [1.54, 1.807) is 19.3 Å². The summed E-state index contributed by atoms with van der Waals surface area (Å²) in [5, 5.41) is 0. The largest absolute Gasteiger partial charge is 0.501 e. The van der Waals surface area contributed by atoms with Crippen molar-refractivity contribution in [2.75, 3.05) is 7.11 Å². The monoisotopic (exact) mass is 250 g/mol. The lowest BCUT2D eigenvalue weighted by molar-refractivity contribution is 0.293. The van der Waals surface area contributed by atoms with Crippen molar-refractivity contribution >= 4 is 0 Å². The molecule has 0 N–H and O–H groups in total. The lowest BCUT2D eigenvalue weighted by Gasteiger charge is -2.04. The predicted molar refractivity (Wildman–Crippen MR) is 85.7 cm³/mol. The molecule has 1 nitrogen and oxygen atoms in total. The molecule has 0 aromatic heterocycles. The third kappa shape index (κ3) is 11.0. The Bertz CT molecular complexity index is 291. The van der Waals surface area contributed by atoms with Gasteiger partial charge in [-0.3, -0.25) is 0 Å². The molecule has 0 aromatic rings. The summed E-state index contributed by atoms with van der Waals surface area (Å²) in [6, 6.07) is 0. The second-order valence-corrected chi connectivity index (χ2v) is 2.76. The molecule has 1 heteroatoms. The van der Waals surface area contributed by atoms with Crippen LogP contribution in [-0.2, 0) is 4.74 Å². The Morgan fingerprint density at radius 2 is 1.50 bits per heavy atom. The second-order valence-electron chi connectivity index (χ2n) is 2.76. The minimum absolute atomic E-state index is 0.870. The van der Waals surface area contributed by atoms with Gasteiger partial charge in [0.1, 0.15) is 0 Å². The fourth-order valence-electron chi connectivity index (χ4n) is 1.02. The lowest BCUT2D eigenvalue weighted by Crippen LogP contribution is -1.86. The van der Waals surface area contributed by atoms with Crippen molar-refractivity contribution in [3.63, 3.8) is 0 Å². The average Bonchev–Trinajstić information content (AvgIpc) is 2.46. The first kappa shape index (κ1) is 21.8. The number of allylic oxidation sites excluding steroid dienone is 8. The highest BCUT2D eigenvalue weighted by Gasteiger charge is 1.97. The smallest absolute Gasteiger partial charge is 0.0930 e. The van der Waals surface area contributed by atoms with Gasteiger partial charge in [0.25, 0.3) is 0 Å². The van der Waals surface area contributed by atoms with Crippen LogP contribution in [0.2, 0.25) is 0 Å². The van der Waals surface area contributed by atoms with E-state index in [9.17, 15) is 0 Å². The summed E-state index contributed by atoms with van der Waals surface area (Å²) in [7, 11) is 1.66. The molecule has 0 aromatic carbocycles. The van der Waals surface area contributed by atoms with Crippen LogP contribution in [0.15, 0.2) is 60.4 Å². The highest BCUT2D eigenvalue weighted by Crippen LogP contribution is 2.15. The third-order valence-electron chi connectivity index (χ3n) is 1.84. The molecule has 0 heterocycles. The van der Waals surface area contributed by atoms with E-state index in [0.717, 1.165) is 16.9 Å². The van der Waals surface area contributed by atoms with E-state index in [-0.39, 0.29) is 0 Å². The van der Waals surface area contributed by atoms with Crippen molar-refractivity contribution in [2.45, 2.75) is 41.5 Å². The number of ether oxygens (including phenoxy) is 1. The van der Waals surface area contributed by atoms with E-state index < -0.39 is 0 Å². The highest BCUT2D eigenvalue weighted by atomic mass is 16.5. The van der Waals surface area contributed by atoms with E-state index in [4.69, 9.17) is 4.74 Å². The molecule has 0 aliphatic heterocycles. The van der Waals surface area contributed by atoms with Gasteiger partial charge in [-0.2, -0.15) is 0 Å². The molecule has 0 aliphatic rings. The first-order valence-electron chi connectivity index (χ1n) is 6.53. The van der Waals surface area contributed by atoms with Crippen LogP contribution >= 0.6 is 0 Å². The fraction of sp³-hybridized carbons (Fsp3) is 0.412. The van der Waals surface area contributed by atoms with Crippen LogP contribution in [0, 0.1) is 0 Å². The van der Waals surface area contributed by atoms with Crippen LogP contribution in [0.5, 0.6) is 0 Å². The number of methoxy groups -OCH3 is 1. The van der Waals surface area contributed by atoms with Gasteiger partial charge in [-0.05, 0) is 31.1 Å². The van der Waals surface area contributed by atoms with Crippen molar-refractivity contribution in [3.8, 4) is 0 Å². The Morgan fingerprint density at radius 3 is 1.78 bits per heavy atom. The summed E-state index contributed by atoms with van der Waals surface area (Å²) < 4.78 is 5.09. The van der Waals surface area contributed by atoms with Crippen molar-refractivity contribution < 1.29 is 4.74 Å². The summed E-state index contributed by atoms with van der Waals surface area (Å²) in [5.41, 5.74) is 2.12. The quantitative estimate of drug-likeness (QED) is 0.440. The fourth-order valence-corrected chi connectivity index (χ4v) is 1.02. The summed E-state index contributed by atoms with van der Waals surface area (Å²) in [6.45, 7) is 19.3. The zero-order valence-electron chi connectivity index (χ0n) is 13.2. The summed E-state index contributed by atoms with van der Waals surface area (Å²) >= 11 is 0. The van der Waals surface area contributed by atoms with Crippen LogP contribution in [-0.4, -0.2) is 7.11 Å². The van der Waals surface area contributed by atoms with Gasteiger partial charge in [-0.25, -0.2) is 0 Å². The Balaban J connectivity index is -0.000000506. The van der Waals surface area contributed by atoms with Gasteiger partial charge in [0, 0.05) is 0 Å². The molecule has 0 unspecified atom stereocenters. The van der Waals surface area contributed by atoms with Crippen molar-refractivity contribution in [2.24, 2.45) is 0 Å². The Morgan fingerprint density at radius 1 is 1.00 bits per heavy atom. The standard InChI is InChI=1S/C13H18O.2C2H6/c1-6-9-12(7-2)13(8-3)10-11(4)14-5;2*1-2/h6-10H,1-2H2,3-5H3;2*1-2H3/b11-10+,12-9-,13-8-;;. The van der Waals surface area contributed by atoms with E-state index in [2.05, 4.69) is 13.2 Å². The lowest BCUT2D eigenvalue weighted by atomic mass is 10.0. The molecule has 0 atom stereocenters. The molecule has 0 saturated heterocycles. The van der Waals surface area contributed by atoms with E-state index >= 15 is 0 Å². The van der Waals surface area contributed by atoms with Crippen LogP contribution in [0.25, 0.3) is 0 Å². The topological polar surface area (TPSA) is 9.23 Å². The van der Waals surface area contributed by atoms with Gasteiger partial charge < -0.3 is 4.74 Å². The van der Waals surface area contributed by atoms with Gasteiger partial charge in [0.2, 0.25) is 0 Å². The molecule has 18 heavy (non-hydrogen) atoms. The summed E-state index contributed by atoms with van der Waals surface area (Å²) in [6.07, 6.45) is 9.45. The molecule has 0 spiro atoms. The van der Waals surface area contributed by atoms with Gasteiger partial charge in [-0.15, -0.1) is 0 Å². The van der Waals surface area contributed by atoms with Gasteiger partial charge >= 0.3 is 0 Å². The van der Waals surface area contributed by atoms with Crippen molar-refractivity contribution in [3.05, 3.63) is 60.4 Å². The van der Waals surface area contributed by atoms with Crippen molar-refractivity contribution in [1.82, 2.24) is 0 Å². The first-order valence-corrected chi connectivity index (χ1v) is 6.53. The van der Waals surface area contributed by atoms with Crippen LogP contribution in [0.3, 0.4) is 0 Å². The van der Waals surface area contributed by atoms with E-state index in [0.29, 0.717) is 0 Å². The number of rotatable bonds is 5. The Hall–Kier alpha value is -1.50. The zero-order chi connectivity index (χ0) is 15.0. The van der Waals surface area contributed by atoms with Gasteiger partial charge in [-0.1, -0.05) is 65.2 Å². The minimum Gasteiger partial charge on any atom is -0.501 e. The molecule has 104 valence electrons. The maximum atomic E-state index is 5.09.